The fraction of sp³-hybridized carbons (Fsp3) is 0.235. The Balaban J connectivity index is 1.87. The number of aryl methyl sites for hydroxylation is 1. The van der Waals surface area contributed by atoms with Gasteiger partial charge in [0.25, 0.3) is 5.69 Å². The summed E-state index contributed by atoms with van der Waals surface area (Å²) in [4.78, 5) is 23.0. The Hall–Kier alpha value is -3.36. The second kappa shape index (κ2) is 6.87. The van der Waals surface area contributed by atoms with Crippen LogP contribution in [0, 0.1) is 22.9 Å². The molecule has 8 nitrogen and oxygen atoms in total. The topological polar surface area (TPSA) is 95.8 Å². The van der Waals surface area contributed by atoms with Crippen LogP contribution in [0.2, 0.25) is 0 Å². The van der Waals surface area contributed by atoms with Crippen LogP contribution >= 0.6 is 0 Å². The molecule has 1 heterocycles. The maximum Gasteiger partial charge on any atom is 0.364 e. The molecule has 3 aromatic rings. The number of benzene rings is 2. The summed E-state index contributed by atoms with van der Waals surface area (Å²) < 4.78 is 15.7. The minimum absolute atomic E-state index is 0.0180. The third-order valence-electron chi connectivity index (χ3n) is 4.15. The Kier molecular flexibility index (Phi) is 4.61. The SMILES string of the molecule is Cc1cc(Cn2nnn(C(C)c3cccc(F)c3)c2=O)ccc1[N+](=O)[O-]. The van der Waals surface area contributed by atoms with E-state index in [4.69, 9.17) is 0 Å². The van der Waals surface area contributed by atoms with Crippen molar-refractivity contribution in [2.45, 2.75) is 26.4 Å². The molecule has 0 spiro atoms. The molecule has 1 atom stereocenters. The zero-order valence-corrected chi connectivity index (χ0v) is 14.2. The third-order valence-corrected chi connectivity index (χ3v) is 4.15. The summed E-state index contributed by atoms with van der Waals surface area (Å²) >= 11 is 0. The molecule has 0 radical (unpaired) electrons. The Bertz CT molecular complexity index is 1030. The molecule has 0 saturated heterocycles. The average Bonchev–Trinajstić information content (AvgIpc) is 2.94. The molecule has 0 amide bonds. The van der Waals surface area contributed by atoms with Crippen LogP contribution in [-0.2, 0) is 6.54 Å². The first kappa shape index (κ1) is 17.5. The van der Waals surface area contributed by atoms with E-state index >= 15 is 0 Å². The van der Waals surface area contributed by atoms with Gasteiger partial charge in [0.15, 0.2) is 0 Å². The van der Waals surface area contributed by atoms with Gasteiger partial charge in [-0.25, -0.2) is 9.18 Å². The lowest BCUT2D eigenvalue weighted by atomic mass is 10.1. The van der Waals surface area contributed by atoms with Gasteiger partial charge in [0.2, 0.25) is 0 Å². The summed E-state index contributed by atoms with van der Waals surface area (Å²) in [5.41, 5.74) is 1.37. The van der Waals surface area contributed by atoms with Crippen molar-refractivity contribution in [3.05, 3.63) is 85.6 Å². The summed E-state index contributed by atoms with van der Waals surface area (Å²) in [6.07, 6.45) is 0. The van der Waals surface area contributed by atoms with E-state index in [2.05, 4.69) is 10.4 Å². The van der Waals surface area contributed by atoms with Gasteiger partial charge in [0, 0.05) is 11.6 Å². The molecule has 0 aliphatic carbocycles. The second-order valence-corrected chi connectivity index (χ2v) is 5.97. The molecule has 0 aliphatic heterocycles. The maximum absolute atomic E-state index is 13.4. The number of nitrogens with zero attached hydrogens (tertiary/aromatic N) is 5. The number of tetrazole rings is 1. The summed E-state index contributed by atoms with van der Waals surface area (Å²) in [6, 6.07) is 10.1. The predicted octanol–water partition coefficient (Wildman–Crippen LogP) is 2.45. The first-order valence-corrected chi connectivity index (χ1v) is 7.88. The van der Waals surface area contributed by atoms with Crippen LogP contribution in [0.5, 0.6) is 0 Å². The molecule has 0 aliphatic rings. The molecule has 0 N–H and O–H groups in total. The number of rotatable bonds is 5. The molecule has 0 saturated carbocycles. The Morgan fingerprint density at radius 1 is 1.23 bits per heavy atom. The van der Waals surface area contributed by atoms with Gasteiger partial charge < -0.3 is 0 Å². The highest BCUT2D eigenvalue weighted by Crippen LogP contribution is 2.19. The predicted molar refractivity (Wildman–Crippen MR) is 91.4 cm³/mol. The number of hydrogen-bond donors (Lipinski definition) is 0. The van der Waals surface area contributed by atoms with Crippen molar-refractivity contribution in [1.82, 2.24) is 19.8 Å². The molecule has 1 aromatic heterocycles. The first-order chi connectivity index (χ1) is 12.4. The van der Waals surface area contributed by atoms with Crippen LogP contribution in [0.4, 0.5) is 10.1 Å². The van der Waals surface area contributed by atoms with Crippen molar-refractivity contribution >= 4 is 5.69 Å². The van der Waals surface area contributed by atoms with Gasteiger partial charge >= 0.3 is 5.69 Å². The number of hydrogen-bond acceptors (Lipinski definition) is 5. The fourth-order valence-electron chi connectivity index (χ4n) is 2.73. The van der Waals surface area contributed by atoms with E-state index in [1.807, 2.05) is 0 Å². The first-order valence-electron chi connectivity index (χ1n) is 7.88. The number of halogens is 1. The lowest BCUT2D eigenvalue weighted by Crippen LogP contribution is -2.28. The average molecular weight is 357 g/mol. The second-order valence-electron chi connectivity index (χ2n) is 5.97. The van der Waals surface area contributed by atoms with Crippen LogP contribution in [0.15, 0.2) is 47.3 Å². The molecule has 9 heteroatoms. The van der Waals surface area contributed by atoms with E-state index < -0.39 is 22.5 Å². The van der Waals surface area contributed by atoms with Crippen molar-refractivity contribution in [2.24, 2.45) is 0 Å². The third kappa shape index (κ3) is 3.37. The minimum Gasteiger partial charge on any atom is -0.258 e. The van der Waals surface area contributed by atoms with Crippen LogP contribution in [0.3, 0.4) is 0 Å². The smallest absolute Gasteiger partial charge is 0.258 e. The molecule has 0 bridgehead atoms. The van der Waals surface area contributed by atoms with Crippen LogP contribution in [0.1, 0.15) is 29.7 Å². The van der Waals surface area contributed by atoms with Crippen molar-refractivity contribution in [3.63, 3.8) is 0 Å². The molecule has 1 unspecified atom stereocenters. The molecule has 134 valence electrons. The monoisotopic (exact) mass is 357 g/mol. The van der Waals surface area contributed by atoms with Crippen molar-refractivity contribution in [2.75, 3.05) is 0 Å². The summed E-state index contributed by atoms with van der Waals surface area (Å²) in [5, 5.41) is 18.6. The Morgan fingerprint density at radius 2 is 2.00 bits per heavy atom. The highest BCUT2D eigenvalue weighted by molar-refractivity contribution is 5.41. The van der Waals surface area contributed by atoms with Gasteiger partial charge in [-0.15, -0.1) is 0 Å². The maximum atomic E-state index is 13.4. The summed E-state index contributed by atoms with van der Waals surface area (Å²) in [5.74, 6) is -0.392. The van der Waals surface area contributed by atoms with E-state index in [0.29, 0.717) is 16.7 Å². The number of aromatic nitrogens is 4. The highest BCUT2D eigenvalue weighted by atomic mass is 19.1. The lowest BCUT2D eigenvalue weighted by Gasteiger charge is -2.10. The quantitative estimate of drug-likeness (QED) is 0.516. The zero-order valence-electron chi connectivity index (χ0n) is 14.2. The van der Waals surface area contributed by atoms with Gasteiger partial charge in [-0.2, -0.15) is 9.36 Å². The van der Waals surface area contributed by atoms with Gasteiger partial charge in [-0.3, -0.25) is 10.1 Å². The highest BCUT2D eigenvalue weighted by Gasteiger charge is 2.17. The van der Waals surface area contributed by atoms with Gasteiger partial charge in [-0.1, -0.05) is 18.2 Å². The van der Waals surface area contributed by atoms with Crippen LogP contribution < -0.4 is 5.69 Å². The van der Waals surface area contributed by atoms with Gasteiger partial charge in [0.1, 0.15) is 5.82 Å². The van der Waals surface area contributed by atoms with Crippen molar-refractivity contribution in [3.8, 4) is 0 Å². The molecule has 3 rings (SSSR count). The standard InChI is InChI=1S/C17H16FN5O3/c1-11-8-13(6-7-16(11)23(25)26)10-21-17(24)22(20-19-21)12(2)14-4-3-5-15(18)9-14/h3-9,12H,10H2,1-2H3. The molecular formula is C17H16FN5O3. The van der Waals surface area contributed by atoms with E-state index in [1.54, 1.807) is 38.1 Å². The van der Waals surface area contributed by atoms with Crippen molar-refractivity contribution < 1.29 is 9.31 Å². The van der Waals surface area contributed by atoms with E-state index in [0.717, 1.165) is 4.68 Å². The largest absolute Gasteiger partial charge is 0.364 e. The Morgan fingerprint density at radius 3 is 2.65 bits per heavy atom. The minimum atomic E-state index is -0.481. The van der Waals surface area contributed by atoms with E-state index in [-0.39, 0.29) is 12.2 Å². The molecule has 26 heavy (non-hydrogen) atoms. The lowest BCUT2D eigenvalue weighted by molar-refractivity contribution is -0.385. The van der Waals surface area contributed by atoms with Gasteiger partial charge in [-0.05, 0) is 53.6 Å². The van der Waals surface area contributed by atoms with Crippen molar-refractivity contribution in [1.29, 1.82) is 0 Å². The number of nitro benzene ring substituents is 1. The molecule has 2 aromatic carbocycles. The summed E-state index contributed by atoms with van der Waals surface area (Å²) in [6.45, 7) is 3.49. The molecular weight excluding hydrogens is 341 g/mol. The van der Waals surface area contributed by atoms with E-state index in [9.17, 15) is 19.3 Å². The van der Waals surface area contributed by atoms with Gasteiger partial charge in [0.05, 0.1) is 17.5 Å². The molecule has 0 fully saturated rings. The Labute approximate surface area is 147 Å². The van der Waals surface area contributed by atoms with Crippen LogP contribution in [-0.4, -0.2) is 24.7 Å². The normalized spacial score (nSPS) is 12.1. The van der Waals surface area contributed by atoms with E-state index in [1.165, 1.54) is 22.9 Å². The van der Waals surface area contributed by atoms with Crippen LogP contribution in [0.25, 0.3) is 0 Å². The number of nitro groups is 1. The fourth-order valence-corrected chi connectivity index (χ4v) is 2.73. The zero-order chi connectivity index (χ0) is 18.8. The summed E-state index contributed by atoms with van der Waals surface area (Å²) in [7, 11) is 0.